The largest absolute Gasteiger partial charge is 0.490 e. The highest BCUT2D eigenvalue weighted by Gasteiger charge is 2.24. The van der Waals surface area contributed by atoms with Gasteiger partial charge in [0.15, 0.2) is 11.6 Å². The zero-order valence-electron chi connectivity index (χ0n) is 12.8. The van der Waals surface area contributed by atoms with Gasteiger partial charge in [-0.05, 0) is 18.8 Å². The molecule has 2 rings (SSSR count). The second kappa shape index (κ2) is 7.10. The molecule has 21 heavy (non-hydrogen) atoms. The van der Waals surface area contributed by atoms with Crippen LogP contribution in [-0.2, 0) is 4.79 Å². The summed E-state index contributed by atoms with van der Waals surface area (Å²) in [6.45, 7) is 4.12. The molecule has 0 saturated carbocycles. The van der Waals surface area contributed by atoms with Crippen molar-refractivity contribution in [3.8, 4) is 5.75 Å². The van der Waals surface area contributed by atoms with E-state index in [1.54, 1.807) is 20.4 Å². The zero-order chi connectivity index (χ0) is 15.2. The SMILES string of the molecule is CNc1ncnc(N2CCC(CNC(C)=O)CC2)c1OC. The predicted molar refractivity (Wildman–Crippen MR) is 81.8 cm³/mol. The summed E-state index contributed by atoms with van der Waals surface area (Å²) >= 11 is 0. The summed E-state index contributed by atoms with van der Waals surface area (Å²) in [5.74, 6) is 2.77. The number of hydrogen-bond acceptors (Lipinski definition) is 6. The first-order chi connectivity index (χ1) is 10.2. The zero-order valence-corrected chi connectivity index (χ0v) is 12.8. The third kappa shape index (κ3) is 3.74. The Balaban J connectivity index is 2.00. The van der Waals surface area contributed by atoms with E-state index in [0.29, 0.717) is 17.5 Å². The van der Waals surface area contributed by atoms with Crippen molar-refractivity contribution in [1.82, 2.24) is 15.3 Å². The molecule has 1 aliphatic heterocycles. The fraction of sp³-hybridized carbons (Fsp3) is 0.643. The Bertz CT molecular complexity index is 486. The van der Waals surface area contributed by atoms with Crippen LogP contribution in [0.4, 0.5) is 11.6 Å². The minimum Gasteiger partial charge on any atom is -0.490 e. The number of amides is 1. The van der Waals surface area contributed by atoms with Gasteiger partial charge in [0.05, 0.1) is 7.11 Å². The first-order valence-electron chi connectivity index (χ1n) is 7.21. The van der Waals surface area contributed by atoms with Crippen molar-refractivity contribution >= 4 is 17.5 Å². The summed E-state index contributed by atoms with van der Waals surface area (Å²) in [5.41, 5.74) is 0. The molecule has 1 fully saturated rings. The number of methoxy groups -OCH3 is 1. The molecule has 1 aromatic rings. The van der Waals surface area contributed by atoms with Crippen molar-refractivity contribution in [3.63, 3.8) is 0 Å². The Labute approximate surface area is 125 Å². The summed E-state index contributed by atoms with van der Waals surface area (Å²) < 4.78 is 5.44. The molecule has 0 spiro atoms. The highest BCUT2D eigenvalue weighted by atomic mass is 16.5. The Morgan fingerprint density at radius 2 is 2.14 bits per heavy atom. The van der Waals surface area contributed by atoms with Crippen LogP contribution in [0.25, 0.3) is 0 Å². The lowest BCUT2D eigenvalue weighted by Crippen LogP contribution is -2.38. The van der Waals surface area contributed by atoms with Gasteiger partial charge in [-0.2, -0.15) is 0 Å². The predicted octanol–water partition coefficient (Wildman–Crippen LogP) is 0.879. The lowest BCUT2D eigenvalue weighted by atomic mass is 9.97. The van der Waals surface area contributed by atoms with E-state index in [9.17, 15) is 4.79 Å². The molecule has 1 aliphatic rings. The van der Waals surface area contributed by atoms with E-state index in [4.69, 9.17) is 4.74 Å². The van der Waals surface area contributed by atoms with Crippen molar-refractivity contribution in [2.24, 2.45) is 5.92 Å². The van der Waals surface area contributed by atoms with Crippen molar-refractivity contribution in [2.75, 3.05) is 44.0 Å². The molecule has 1 amide bonds. The maximum Gasteiger partial charge on any atom is 0.216 e. The second-order valence-electron chi connectivity index (χ2n) is 5.20. The van der Waals surface area contributed by atoms with Crippen molar-refractivity contribution in [2.45, 2.75) is 19.8 Å². The second-order valence-corrected chi connectivity index (χ2v) is 5.20. The van der Waals surface area contributed by atoms with Crippen LogP contribution in [-0.4, -0.2) is 49.7 Å². The van der Waals surface area contributed by atoms with Gasteiger partial charge in [0.1, 0.15) is 6.33 Å². The van der Waals surface area contributed by atoms with Crippen LogP contribution in [0.1, 0.15) is 19.8 Å². The lowest BCUT2D eigenvalue weighted by Gasteiger charge is -2.33. The minimum atomic E-state index is 0.0357. The van der Waals surface area contributed by atoms with Gasteiger partial charge in [-0.1, -0.05) is 0 Å². The third-order valence-corrected chi connectivity index (χ3v) is 3.78. The molecule has 1 saturated heterocycles. The van der Waals surface area contributed by atoms with Gasteiger partial charge in [0.25, 0.3) is 0 Å². The average Bonchev–Trinajstić information content (AvgIpc) is 2.52. The average molecular weight is 293 g/mol. The van der Waals surface area contributed by atoms with Crippen LogP contribution in [0.15, 0.2) is 6.33 Å². The van der Waals surface area contributed by atoms with Crippen molar-refractivity contribution < 1.29 is 9.53 Å². The third-order valence-electron chi connectivity index (χ3n) is 3.78. The normalized spacial score (nSPS) is 15.7. The van der Waals surface area contributed by atoms with Crippen LogP contribution in [0.3, 0.4) is 0 Å². The molecule has 0 bridgehead atoms. The highest BCUT2D eigenvalue weighted by molar-refractivity contribution is 5.72. The number of carbonyl (C=O) groups excluding carboxylic acids is 1. The maximum absolute atomic E-state index is 11.0. The van der Waals surface area contributed by atoms with Gasteiger partial charge < -0.3 is 20.3 Å². The van der Waals surface area contributed by atoms with Gasteiger partial charge in [-0.3, -0.25) is 4.79 Å². The molecule has 0 aliphatic carbocycles. The lowest BCUT2D eigenvalue weighted by molar-refractivity contribution is -0.119. The van der Waals surface area contributed by atoms with Gasteiger partial charge >= 0.3 is 0 Å². The Morgan fingerprint density at radius 3 is 2.71 bits per heavy atom. The van der Waals surface area contributed by atoms with Crippen LogP contribution >= 0.6 is 0 Å². The highest BCUT2D eigenvalue weighted by Crippen LogP contribution is 2.33. The number of carbonyl (C=O) groups is 1. The molecular weight excluding hydrogens is 270 g/mol. The summed E-state index contributed by atoms with van der Waals surface area (Å²) in [5, 5.41) is 5.91. The smallest absolute Gasteiger partial charge is 0.216 e. The molecule has 7 heteroatoms. The quantitative estimate of drug-likeness (QED) is 0.839. The summed E-state index contributed by atoms with van der Waals surface area (Å²) in [4.78, 5) is 21.7. The number of nitrogens with one attached hydrogen (secondary N) is 2. The van der Waals surface area contributed by atoms with Crippen LogP contribution in [0.2, 0.25) is 0 Å². The number of rotatable bonds is 5. The van der Waals surface area contributed by atoms with Gasteiger partial charge in [0.2, 0.25) is 11.7 Å². The summed E-state index contributed by atoms with van der Waals surface area (Å²) in [6.07, 6.45) is 3.61. The number of anilines is 2. The molecule has 2 N–H and O–H groups in total. The molecule has 0 aromatic carbocycles. The van der Waals surface area contributed by atoms with E-state index in [1.807, 2.05) is 7.05 Å². The summed E-state index contributed by atoms with van der Waals surface area (Å²) in [6, 6.07) is 0. The van der Waals surface area contributed by atoms with Gasteiger partial charge in [-0.25, -0.2) is 9.97 Å². The van der Waals surface area contributed by atoms with E-state index >= 15 is 0 Å². The van der Waals surface area contributed by atoms with Crippen LogP contribution in [0, 0.1) is 5.92 Å². The topological polar surface area (TPSA) is 79.4 Å². The molecule has 0 atom stereocenters. The molecule has 1 aromatic heterocycles. The molecule has 2 heterocycles. The maximum atomic E-state index is 11.0. The number of hydrogen-bond donors (Lipinski definition) is 2. The number of aromatic nitrogens is 2. The minimum absolute atomic E-state index is 0.0357. The first-order valence-corrected chi connectivity index (χ1v) is 7.21. The Morgan fingerprint density at radius 1 is 1.43 bits per heavy atom. The number of piperidine rings is 1. The number of ether oxygens (including phenoxy) is 1. The standard InChI is InChI=1S/C14H23N5O2/c1-10(20)16-8-11-4-6-19(7-5-11)14-12(21-3)13(15-2)17-9-18-14/h9,11H,4-8H2,1-3H3,(H,16,20)(H,15,17,18). The Kier molecular flexibility index (Phi) is 5.19. The molecule has 116 valence electrons. The summed E-state index contributed by atoms with van der Waals surface area (Å²) in [7, 11) is 3.45. The van der Waals surface area contributed by atoms with Crippen LogP contribution in [0.5, 0.6) is 5.75 Å². The molecule has 7 nitrogen and oxygen atoms in total. The first kappa shape index (κ1) is 15.3. The van der Waals surface area contributed by atoms with E-state index in [2.05, 4.69) is 25.5 Å². The molecular formula is C14H23N5O2. The number of nitrogens with zero attached hydrogens (tertiary/aromatic N) is 3. The van der Waals surface area contributed by atoms with Gasteiger partial charge in [0, 0.05) is 33.6 Å². The van der Waals surface area contributed by atoms with Crippen molar-refractivity contribution in [3.05, 3.63) is 6.33 Å². The Hall–Kier alpha value is -2.05. The van der Waals surface area contributed by atoms with Crippen LogP contribution < -0.4 is 20.3 Å². The van der Waals surface area contributed by atoms with E-state index in [0.717, 1.165) is 38.3 Å². The fourth-order valence-corrected chi connectivity index (χ4v) is 2.59. The van der Waals surface area contributed by atoms with E-state index < -0.39 is 0 Å². The fourth-order valence-electron chi connectivity index (χ4n) is 2.59. The monoisotopic (exact) mass is 293 g/mol. The van der Waals surface area contributed by atoms with E-state index in [-0.39, 0.29) is 5.91 Å². The molecule has 0 unspecified atom stereocenters. The molecule has 0 radical (unpaired) electrons. The van der Waals surface area contributed by atoms with Crippen molar-refractivity contribution in [1.29, 1.82) is 0 Å². The van der Waals surface area contributed by atoms with Gasteiger partial charge in [-0.15, -0.1) is 0 Å². The van der Waals surface area contributed by atoms with E-state index in [1.165, 1.54) is 0 Å².